The Bertz CT molecular complexity index is 183. The molecular formula is C13H28S2. The van der Waals surface area contributed by atoms with Crippen molar-refractivity contribution in [3.8, 4) is 0 Å². The van der Waals surface area contributed by atoms with Crippen LogP contribution in [0.15, 0.2) is 24.0 Å². The van der Waals surface area contributed by atoms with Gasteiger partial charge in [-0.05, 0) is 49.4 Å². The molecule has 0 radical (unpaired) electrons. The number of unbranched alkanes of at least 4 members (excludes halogenated alkanes) is 2. The van der Waals surface area contributed by atoms with Crippen LogP contribution in [0.2, 0.25) is 0 Å². The first-order chi connectivity index (χ1) is 6.83. The number of hydrogen-bond acceptors (Lipinski definition) is 0. The van der Waals surface area contributed by atoms with Crippen LogP contribution in [-0.2, 0) is 0 Å². The van der Waals surface area contributed by atoms with Crippen LogP contribution in [0.4, 0.5) is 0 Å². The first kappa shape index (κ1) is 15.2. The lowest BCUT2D eigenvalue weighted by atomic mass is 10.3. The second-order valence-electron chi connectivity index (χ2n) is 5.05. The minimum Gasteiger partial charge on any atom is -0.228 e. The van der Waals surface area contributed by atoms with Crippen molar-refractivity contribution in [1.82, 2.24) is 0 Å². The minimum atomic E-state index is -0.490. The van der Waals surface area contributed by atoms with Crippen LogP contribution < -0.4 is 0 Å². The Hall–Kier alpha value is 0.180. The first-order valence-corrected chi connectivity index (χ1v) is 10.9. The molecular weight excluding hydrogens is 220 g/mol. The molecule has 0 rings (SSSR count). The predicted octanol–water partition coefficient (Wildman–Crippen LogP) is 4.57. The molecule has 0 aliphatic rings. The van der Waals surface area contributed by atoms with Crippen LogP contribution in [0.25, 0.3) is 0 Å². The zero-order valence-corrected chi connectivity index (χ0v) is 12.6. The van der Waals surface area contributed by atoms with E-state index in [-0.39, 0.29) is 0 Å². The fourth-order valence-electron chi connectivity index (χ4n) is 1.29. The molecule has 2 heteroatoms. The molecule has 0 saturated carbocycles. The lowest BCUT2D eigenvalue weighted by molar-refractivity contribution is 0.782. The summed E-state index contributed by atoms with van der Waals surface area (Å²) in [7, 11) is -0.981. The van der Waals surface area contributed by atoms with Gasteiger partial charge in [-0.15, -0.1) is 0 Å². The van der Waals surface area contributed by atoms with Crippen molar-refractivity contribution < 1.29 is 0 Å². The fourth-order valence-corrected chi connectivity index (χ4v) is 3.52. The van der Waals surface area contributed by atoms with Crippen molar-refractivity contribution in [2.24, 2.45) is 0 Å². The Kier molecular flexibility index (Phi) is 6.78. The van der Waals surface area contributed by atoms with E-state index in [1.807, 2.05) is 0 Å². The Morgan fingerprint density at radius 1 is 0.733 bits per heavy atom. The van der Waals surface area contributed by atoms with E-state index >= 15 is 0 Å². The van der Waals surface area contributed by atoms with Gasteiger partial charge in [-0.25, -0.2) is 20.1 Å². The molecule has 0 heterocycles. The molecule has 92 valence electrons. The average molecular weight is 249 g/mol. The summed E-state index contributed by atoms with van der Waals surface area (Å²) in [5.74, 6) is 2.70. The van der Waals surface area contributed by atoms with E-state index in [4.69, 9.17) is 0 Å². The summed E-state index contributed by atoms with van der Waals surface area (Å²) < 4.78 is 0. The minimum absolute atomic E-state index is 0.490. The van der Waals surface area contributed by atoms with Gasteiger partial charge in [-0.2, -0.15) is 0 Å². The largest absolute Gasteiger partial charge is 0.228 e. The molecule has 0 bridgehead atoms. The van der Waals surface area contributed by atoms with Crippen LogP contribution in [-0.4, -0.2) is 36.5 Å². The Morgan fingerprint density at radius 2 is 1.07 bits per heavy atom. The van der Waals surface area contributed by atoms with Gasteiger partial charge in [-0.1, -0.05) is 30.4 Å². The van der Waals surface area contributed by atoms with Gasteiger partial charge in [0.1, 0.15) is 0 Å². The standard InChI is InChI=1S/C13H28S2/c1-7-14(3,4)12-10-9-11-13-15(5,6)8-2/h7-8H,1-2,9-13H2,3-6H3. The maximum atomic E-state index is 3.91. The Morgan fingerprint density at radius 3 is 1.33 bits per heavy atom. The van der Waals surface area contributed by atoms with Crippen LogP contribution in [0, 0.1) is 0 Å². The summed E-state index contributed by atoms with van der Waals surface area (Å²) in [5.41, 5.74) is 0. The highest BCUT2D eigenvalue weighted by atomic mass is 32.3. The molecule has 0 aromatic rings. The van der Waals surface area contributed by atoms with Gasteiger partial charge >= 0.3 is 0 Å². The van der Waals surface area contributed by atoms with Crippen LogP contribution in [0.1, 0.15) is 19.3 Å². The van der Waals surface area contributed by atoms with Crippen molar-refractivity contribution in [3.63, 3.8) is 0 Å². The summed E-state index contributed by atoms with van der Waals surface area (Å²) in [6.07, 6.45) is 13.5. The van der Waals surface area contributed by atoms with Crippen molar-refractivity contribution in [1.29, 1.82) is 0 Å². The fraction of sp³-hybridized carbons (Fsp3) is 0.692. The molecule has 0 aromatic carbocycles. The van der Waals surface area contributed by atoms with Crippen LogP contribution >= 0.6 is 20.1 Å². The molecule has 15 heavy (non-hydrogen) atoms. The topological polar surface area (TPSA) is 0 Å². The maximum absolute atomic E-state index is 3.91. The molecule has 0 aliphatic carbocycles. The van der Waals surface area contributed by atoms with Crippen LogP contribution in [0.5, 0.6) is 0 Å². The molecule has 0 spiro atoms. The van der Waals surface area contributed by atoms with E-state index in [9.17, 15) is 0 Å². The monoisotopic (exact) mass is 248 g/mol. The zero-order chi connectivity index (χ0) is 11.9. The summed E-state index contributed by atoms with van der Waals surface area (Å²) in [6, 6.07) is 0. The quantitative estimate of drug-likeness (QED) is 0.552. The summed E-state index contributed by atoms with van der Waals surface area (Å²) in [5, 5.41) is 4.32. The highest BCUT2D eigenvalue weighted by Gasteiger charge is 2.08. The zero-order valence-electron chi connectivity index (χ0n) is 10.9. The number of hydrogen-bond donors (Lipinski definition) is 0. The van der Waals surface area contributed by atoms with Gasteiger partial charge in [0.25, 0.3) is 0 Å². The van der Waals surface area contributed by atoms with Crippen molar-refractivity contribution in [2.45, 2.75) is 19.3 Å². The van der Waals surface area contributed by atoms with Gasteiger partial charge < -0.3 is 0 Å². The van der Waals surface area contributed by atoms with E-state index in [1.54, 1.807) is 0 Å². The van der Waals surface area contributed by atoms with Gasteiger partial charge in [-0.3, -0.25) is 0 Å². The lowest BCUT2D eigenvalue weighted by Gasteiger charge is -2.28. The van der Waals surface area contributed by atoms with Crippen LogP contribution in [0.3, 0.4) is 0 Å². The van der Waals surface area contributed by atoms with Gasteiger partial charge in [0, 0.05) is 0 Å². The van der Waals surface area contributed by atoms with Crippen molar-refractivity contribution in [2.75, 3.05) is 36.5 Å². The van der Waals surface area contributed by atoms with Crippen molar-refractivity contribution in [3.05, 3.63) is 24.0 Å². The summed E-state index contributed by atoms with van der Waals surface area (Å²) >= 11 is 0. The first-order valence-electron chi connectivity index (χ1n) is 5.50. The van der Waals surface area contributed by atoms with E-state index < -0.39 is 20.1 Å². The van der Waals surface area contributed by atoms with E-state index in [2.05, 4.69) is 49.0 Å². The third-order valence-electron chi connectivity index (χ3n) is 2.74. The van der Waals surface area contributed by atoms with E-state index in [0.29, 0.717) is 0 Å². The molecule has 0 aromatic heterocycles. The smallest absolute Gasteiger partial charge is 0.0199 e. The average Bonchev–Trinajstić information content (AvgIpc) is 2.17. The predicted molar refractivity (Wildman–Crippen MR) is 82.9 cm³/mol. The molecule has 0 amide bonds. The molecule has 0 N–H and O–H groups in total. The third-order valence-corrected chi connectivity index (χ3v) is 7.23. The van der Waals surface area contributed by atoms with E-state index in [0.717, 1.165) is 0 Å². The molecule has 0 nitrogen and oxygen atoms in total. The third kappa shape index (κ3) is 8.04. The molecule has 0 unspecified atom stereocenters. The Balaban J connectivity index is 3.56. The highest BCUT2D eigenvalue weighted by Crippen LogP contribution is 2.43. The molecule has 0 fully saturated rings. The Labute approximate surface area is 99.9 Å². The lowest BCUT2D eigenvalue weighted by Crippen LogP contribution is -2.00. The number of rotatable bonds is 8. The SMILES string of the molecule is C=CS(C)(C)CCCCCS(C)(C)C=C. The molecule has 0 saturated heterocycles. The second kappa shape index (κ2) is 6.70. The second-order valence-corrected chi connectivity index (χ2v) is 13.0. The van der Waals surface area contributed by atoms with E-state index in [1.165, 1.54) is 30.8 Å². The normalized spacial score (nSPS) is 14.7. The molecule has 0 atom stereocenters. The van der Waals surface area contributed by atoms with Gasteiger partial charge in [0.2, 0.25) is 0 Å². The summed E-state index contributed by atoms with van der Waals surface area (Å²) in [4.78, 5) is 0. The highest BCUT2D eigenvalue weighted by molar-refractivity contribution is 8.35. The van der Waals surface area contributed by atoms with Crippen molar-refractivity contribution >= 4 is 20.1 Å². The van der Waals surface area contributed by atoms with Gasteiger partial charge in [0.15, 0.2) is 0 Å². The maximum Gasteiger partial charge on any atom is -0.0199 e. The molecule has 0 aliphatic heterocycles. The summed E-state index contributed by atoms with van der Waals surface area (Å²) in [6.45, 7) is 7.82. The van der Waals surface area contributed by atoms with Gasteiger partial charge in [0.05, 0.1) is 0 Å².